The SMILES string of the molecule is N#Cc1ccc(CNCCn2ccnc2)c(Cl)c1. The number of rotatable bonds is 5. The zero-order valence-corrected chi connectivity index (χ0v) is 10.6. The van der Waals surface area contributed by atoms with Crippen molar-refractivity contribution in [1.29, 1.82) is 5.26 Å². The lowest BCUT2D eigenvalue weighted by atomic mass is 10.1. The van der Waals surface area contributed by atoms with Crippen LogP contribution in [0.5, 0.6) is 0 Å². The number of benzene rings is 1. The summed E-state index contributed by atoms with van der Waals surface area (Å²) in [4.78, 5) is 3.98. The van der Waals surface area contributed by atoms with E-state index in [0.717, 1.165) is 18.7 Å². The van der Waals surface area contributed by atoms with Crippen molar-refractivity contribution in [2.45, 2.75) is 13.1 Å². The van der Waals surface area contributed by atoms with Crippen molar-refractivity contribution in [3.63, 3.8) is 0 Å². The number of nitrogens with one attached hydrogen (secondary N) is 1. The monoisotopic (exact) mass is 260 g/mol. The molecule has 0 aliphatic heterocycles. The smallest absolute Gasteiger partial charge is 0.0992 e. The highest BCUT2D eigenvalue weighted by Gasteiger charge is 2.01. The van der Waals surface area contributed by atoms with Crippen LogP contribution in [-0.4, -0.2) is 16.1 Å². The standard InChI is InChI=1S/C13H13ClN4/c14-13-7-11(8-15)1-2-12(13)9-16-3-5-18-6-4-17-10-18/h1-2,4,6-7,10,16H,3,5,9H2. The third-order valence-electron chi connectivity index (χ3n) is 2.60. The molecule has 0 saturated heterocycles. The van der Waals surface area contributed by atoms with E-state index in [1.54, 1.807) is 24.7 Å². The fraction of sp³-hybridized carbons (Fsp3) is 0.231. The Hall–Kier alpha value is -1.83. The largest absolute Gasteiger partial charge is 0.336 e. The van der Waals surface area contributed by atoms with Gasteiger partial charge in [-0.2, -0.15) is 5.26 Å². The van der Waals surface area contributed by atoms with E-state index in [2.05, 4.69) is 16.4 Å². The van der Waals surface area contributed by atoms with Gasteiger partial charge in [0.15, 0.2) is 0 Å². The van der Waals surface area contributed by atoms with Gasteiger partial charge in [-0.15, -0.1) is 0 Å². The summed E-state index contributed by atoms with van der Waals surface area (Å²) in [5, 5.41) is 12.7. The van der Waals surface area contributed by atoms with E-state index in [9.17, 15) is 0 Å². The maximum Gasteiger partial charge on any atom is 0.0992 e. The van der Waals surface area contributed by atoms with Crippen molar-refractivity contribution in [2.24, 2.45) is 0 Å². The molecule has 0 amide bonds. The van der Waals surface area contributed by atoms with Gasteiger partial charge in [-0.25, -0.2) is 4.98 Å². The van der Waals surface area contributed by atoms with Crippen molar-refractivity contribution in [2.75, 3.05) is 6.54 Å². The van der Waals surface area contributed by atoms with E-state index >= 15 is 0 Å². The minimum atomic E-state index is 0.585. The molecule has 0 radical (unpaired) electrons. The molecule has 0 spiro atoms. The topological polar surface area (TPSA) is 53.6 Å². The van der Waals surface area contributed by atoms with E-state index in [1.807, 2.05) is 16.8 Å². The molecule has 5 heteroatoms. The highest BCUT2D eigenvalue weighted by Crippen LogP contribution is 2.17. The predicted molar refractivity (Wildman–Crippen MR) is 70.1 cm³/mol. The summed E-state index contributed by atoms with van der Waals surface area (Å²) in [7, 11) is 0. The van der Waals surface area contributed by atoms with Gasteiger partial charge in [0.1, 0.15) is 0 Å². The van der Waals surface area contributed by atoms with Gasteiger partial charge in [-0.3, -0.25) is 0 Å². The Bertz CT molecular complexity index is 543. The van der Waals surface area contributed by atoms with Crippen LogP contribution in [0.15, 0.2) is 36.9 Å². The van der Waals surface area contributed by atoms with Crippen molar-refractivity contribution in [3.05, 3.63) is 53.1 Å². The lowest BCUT2D eigenvalue weighted by Crippen LogP contribution is -2.19. The van der Waals surface area contributed by atoms with Crippen molar-refractivity contribution < 1.29 is 0 Å². The Balaban J connectivity index is 1.82. The normalized spacial score (nSPS) is 10.2. The Morgan fingerprint density at radius 2 is 2.33 bits per heavy atom. The molecule has 1 N–H and O–H groups in total. The molecule has 0 bridgehead atoms. The van der Waals surface area contributed by atoms with E-state index < -0.39 is 0 Å². The molecule has 0 unspecified atom stereocenters. The highest BCUT2D eigenvalue weighted by molar-refractivity contribution is 6.31. The Kier molecular flexibility index (Phi) is 4.35. The van der Waals surface area contributed by atoms with Gasteiger partial charge in [0, 0.05) is 37.1 Å². The van der Waals surface area contributed by atoms with Crippen molar-refractivity contribution in [3.8, 4) is 6.07 Å². The number of nitriles is 1. The molecule has 0 fully saturated rings. The molecule has 4 nitrogen and oxygen atoms in total. The van der Waals surface area contributed by atoms with Gasteiger partial charge < -0.3 is 9.88 Å². The molecule has 18 heavy (non-hydrogen) atoms. The molecule has 1 heterocycles. The van der Waals surface area contributed by atoms with Crippen LogP contribution in [0.2, 0.25) is 5.02 Å². The average molecular weight is 261 g/mol. The molecule has 0 aliphatic rings. The first-order valence-corrected chi connectivity index (χ1v) is 6.02. The second-order valence-electron chi connectivity index (χ2n) is 3.90. The number of imidazole rings is 1. The quantitative estimate of drug-likeness (QED) is 0.839. The first-order chi connectivity index (χ1) is 8.79. The van der Waals surface area contributed by atoms with E-state index in [4.69, 9.17) is 16.9 Å². The second-order valence-corrected chi connectivity index (χ2v) is 4.30. The van der Waals surface area contributed by atoms with Gasteiger partial charge in [-0.1, -0.05) is 17.7 Å². The number of nitrogens with zero attached hydrogens (tertiary/aromatic N) is 3. The van der Waals surface area contributed by atoms with Crippen LogP contribution in [0.25, 0.3) is 0 Å². The fourth-order valence-corrected chi connectivity index (χ4v) is 1.86. The van der Waals surface area contributed by atoms with Gasteiger partial charge >= 0.3 is 0 Å². The summed E-state index contributed by atoms with van der Waals surface area (Å²) in [5.74, 6) is 0. The van der Waals surface area contributed by atoms with Crippen LogP contribution in [0.1, 0.15) is 11.1 Å². The predicted octanol–water partition coefficient (Wildman–Crippen LogP) is 2.20. The van der Waals surface area contributed by atoms with Crippen LogP contribution < -0.4 is 5.32 Å². The van der Waals surface area contributed by atoms with Gasteiger partial charge in [0.2, 0.25) is 0 Å². The minimum absolute atomic E-state index is 0.585. The Morgan fingerprint density at radius 3 is 3.00 bits per heavy atom. The molecular formula is C13H13ClN4. The van der Waals surface area contributed by atoms with E-state index in [0.29, 0.717) is 17.1 Å². The minimum Gasteiger partial charge on any atom is -0.336 e. The first-order valence-electron chi connectivity index (χ1n) is 5.64. The molecule has 1 aromatic heterocycles. The van der Waals surface area contributed by atoms with Crippen LogP contribution in [0, 0.1) is 11.3 Å². The van der Waals surface area contributed by atoms with Crippen molar-refractivity contribution in [1.82, 2.24) is 14.9 Å². The molecule has 92 valence electrons. The summed E-state index contributed by atoms with van der Waals surface area (Å²) in [5.41, 5.74) is 1.59. The Morgan fingerprint density at radius 1 is 1.44 bits per heavy atom. The highest BCUT2D eigenvalue weighted by atomic mass is 35.5. The molecule has 0 aliphatic carbocycles. The van der Waals surface area contributed by atoms with Crippen LogP contribution in [0.4, 0.5) is 0 Å². The van der Waals surface area contributed by atoms with Crippen LogP contribution in [-0.2, 0) is 13.1 Å². The molecule has 2 aromatic rings. The zero-order chi connectivity index (χ0) is 12.8. The summed E-state index contributed by atoms with van der Waals surface area (Å²) in [6.07, 6.45) is 5.48. The number of aromatic nitrogens is 2. The first kappa shape index (κ1) is 12.6. The summed E-state index contributed by atoms with van der Waals surface area (Å²) >= 11 is 6.08. The van der Waals surface area contributed by atoms with Crippen LogP contribution >= 0.6 is 11.6 Å². The fourth-order valence-electron chi connectivity index (χ4n) is 1.61. The lowest BCUT2D eigenvalue weighted by molar-refractivity contribution is 0.597. The lowest BCUT2D eigenvalue weighted by Gasteiger charge is -2.07. The number of hydrogen-bond acceptors (Lipinski definition) is 3. The zero-order valence-electron chi connectivity index (χ0n) is 9.81. The maximum absolute atomic E-state index is 8.74. The van der Waals surface area contributed by atoms with Gasteiger partial charge in [0.25, 0.3) is 0 Å². The second kappa shape index (κ2) is 6.20. The summed E-state index contributed by atoms with van der Waals surface area (Å²) in [6.45, 7) is 2.40. The molecule has 1 aromatic carbocycles. The summed E-state index contributed by atoms with van der Waals surface area (Å²) < 4.78 is 2.01. The van der Waals surface area contributed by atoms with Crippen LogP contribution in [0.3, 0.4) is 0 Å². The average Bonchev–Trinajstić information content (AvgIpc) is 2.89. The van der Waals surface area contributed by atoms with Gasteiger partial charge in [-0.05, 0) is 17.7 Å². The maximum atomic E-state index is 8.74. The molecule has 2 rings (SSSR count). The third-order valence-corrected chi connectivity index (χ3v) is 2.96. The van der Waals surface area contributed by atoms with Crippen molar-refractivity contribution >= 4 is 11.6 Å². The van der Waals surface area contributed by atoms with Gasteiger partial charge in [0.05, 0.1) is 18.0 Å². The Labute approximate surface area is 111 Å². The number of halogens is 1. The summed E-state index contributed by atoms with van der Waals surface area (Å²) in [6, 6.07) is 7.41. The molecule has 0 atom stereocenters. The third kappa shape index (κ3) is 3.33. The van der Waals surface area contributed by atoms with E-state index in [1.165, 1.54) is 0 Å². The molecular weight excluding hydrogens is 248 g/mol. The number of hydrogen-bond donors (Lipinski definition) is 1. The molecule has 0 saturated carbocycles. The van der Waals surface area contributed by atoms with E-state index in [-0.39, 0.29) is 0 Å².